The molecule has 3 rings (SSSR count). The number of imidazole rings is 1. The Hall–Kier alpha value is -2.10. The van der Waals surface area contributed by atoms with Crippen LogP contribution in [0.5, 0.6) is 0 Å². The Morgan fingerprint density at radius 1 is 1.33 bits per heavy atom. The summed E-state index contributed by atoms with van der Waals surface area (Å²) < 4.78 is 50.5. The normalized spacial score (nSPS) is 17.7. The minimum atomic E-state index is -2.31. The number of benzene rings is 1. The van der Waals surface area contributed by atoms with Crippen molar-refractivity contribution in [1.82, 2.24) is 14.1 Å². The quantitative estimate of drug-likeness (QED) is 0.603. The number of aryl methyl sites for hydroxylation is 3. The Morgan fingerprint density at radius 2 is 2.22 bits per heavy atom. The largest absolute Gasteiger partial charge is 0.343 e. The van der Waals surface area contributed by atoms with Crippen molar-refractivity contribution in [3.05, 3.63) is 47.5 Å². The van der Waals surface area contributed by atoms with Crippen LogP contribution in [-0.2, 0) is 7.05 Å². The monoisotopic (exact) mass is 247 g/mol. The Labute approximate surface area is 115 Å². The molecule has 2 heterocycles. The summed E-state index contributed by atoms with van der Waals surface area (Å²) in [5.41, 5.74) is 1.64. The third-order valence-corrected chi connectivity index (χ3v) is 3.07. The lowest BCUT2D eigenvalue weighted by atomic mass is 10.1. The number of nitrogens with zero attached hydrogens (tertiary/aromatic N) is 4. The van der Waals surface area contributed by atoms with Gasteiger partial charge in [0.2, 0.25) is 0 Å². The molecule has 0 aliphatic heterocycles. The maximum absolute atomic E-state index is 7.76. The minimum absolute atomic E-state index is 0.120. The summed E-state index contributed by atoms with van der Waals surface area (Å²) in [6.45, 7) is -2.71. The summed E-state index contributed by atoms with van der Waals surface area (Å²) in [6.07, 6.45) is 3.13. The van der Waals surface area contributed by atoms with Crippen LogP contribution in [-0.4, -0.2) is 14.1 Å². The van der Waals surface area contributed by atoms with Crippen LogP contribution in [0.4, 0.5) is 0 Å². The summed E-state index contributed by atoms with van der Waals surface area (Å²) >= 11 is 0. The standard InChI is InChI=1S/C14H17N4/c1-10-5-6-13(11(2)9-10)18-14-15-7-8-17(14)12(3)16(18)4/h5-9H,1-4H3/q+1/i1D3,3D3. The lowest BCUT2D eigenvalue weighted by Crippen LogP contribution is -2.40. The first-order valence-electron chi connectivity index (χ1n) is 8.58. The topological polar surface area (TPSA) is 26.1 Å². The predicted octanol–water partition coefficient (Wildman–Crippen LogP) is 1.87. The summed E-state index contributed by atoms with van der Waals surface area (Å²) in [5.74, 6) is 0.572. The second-order valence-corrected chi connectivity index (χ2v) is 4.26. The van der Waals surface area contributed by atoms with Gasteiger partial charge in [0.05, 0.1) is 11.9 Å². The molecule has 0 bridgehead atoms. The van der Waals surface area contributed by atoms with E-state index in [9.17, 15) is 0 Å². The highest BCUT2D eigenvalue weighted by Crippen LogP contribution is 2.17. The summed E-state index contributed by atoms with van der Waals surface area (Å²) in [4.78, 5) is 4.25. The zero-order valence-electron chi connectivity index (χ0n) is 16.2. The number of rotatable bonds is 1. The zero-order chi connectivity index (χ0) is 17.9. The Balaban J connectivity index is 2.28. The molecule has 0 spiro atoms. The minimum Gasteiger partial charge on any atom is -0.194 e. The van der Waals surface area contributed by atoms with Crippen molar-refractivity contribution in [2.75, 3.05) is 0 Å². The SMILES string of the molecule is [2H]C([2H])([2H])c1ccc(-n2c3nccn3c(C([2H])([2H])[2H])[n+]2C)c(C)c1. The van der Waals surface area contributed by atoms with Gasteiger partial charge in [0, 0.05) is 15.1 Å². The van der Waals surface area contributed by atoms with Crippen molar-refractivity contribution in [3.63, 3.8) is 0 Å². The lowest BCUT2D eigenvalue weighted by Gasteiger charge is -2.06. The fourth-order valence-corrected chi connectivity index (χ4v) is 2.16. The van der Waals surface area contributed by atoms with Crippen LogP contribution in [0.15, 0.2) is 30.6 Å². The molecule has 0 radical (unpaired) electrons. The van der Waals surface area contributed by atoms with Crippen LogP contribution in [0.1, 0.15) is 25.2 Å². The molecule has 0 fully saturated rings. The average Bonchev–Trinajstić information content (AvgIpc) is 2.96. The first kappa shape index (κ1) is 6.18. The maximum atomic E-state index is 7.76. The van der Waals surface area contributed by atoms with Crippen LogP contribution in [0.3, 0.4) is 0 Å². The van der Waals surface area contributed by atoms with Crippen LogP contribution in [0.2, 0.25) is 0 Å². The molecule has 0 saturated carbocycles. The van der Waals surface area contributed by atoms with E-state index in [4.69, 9.17) is 8.22 Å². The van der Waals surface area contributed by atoms with Crippen molar-refractivity contribution in [2.45, 2.75) is 20.6 Å². The highest BCUT2D eigenvalue weighted by atomic mass is 15.5. The van der Waals surface area contributed by atoms with Gasteiger partial charge in [0.25, 0.3) is 5.82 Å². The second-order valence-electron chi connectivity index (χ2n) is 4.26. The van der Waals surface area contributed by atoms with Gasteiger partial charge in [-0.3, -0.25) is 0 Å². The molecule has 4 nitrogen and oxygen atoms in total. The summed E-state index contributed by atoms with van der Waals surface area (Å²) in [6, 6.07) is 4.80. The van der Waals surface area contributed by atoms with Crippen LogP contribution in [0.25, 0.3) is 11.5 Å². The Bertz CT molecular complexity index is 916. The fourth-order valence-electron chi connectivity index (χ4n) is 2.16. The molecular weight excluding hydrogens is 224 g/mol. The van der Waals surface area contributed by atoms with Gasteiger partial charge in [-0.2, -0.15) is 14.1 Å². The molecule has 0 saturated heterocycles. The zero-order valence-corrected chi connectivity index (χ0v) is 10.2. The first-order valence-corrected chi connectivity index (χ1v) is 5.58. The molecule has 0 atom stereocenters. The van der Waals surface area contributed by atoms with Crippen LogP contribution in [0, 0.1) is 20.6 Å². The van der Waals surface area contributed by atoms with Crippen molar-refractivity contribution in [3.8, 4) is 5.69 Å². The summed E-state index contributed by atoms with van der Waals surface area (Å²) in [7, 11) is 1.65. The number of hydrogen-bond acceptors (Lipinski definition) is 1. The van der Waals surface area contributed by atoms with Crippen LogP contribution >= 0.6 is 0 Å². The molecule has 0 aliphatic rings. The number of fused-ring (bicyclic) bond motifs is 1. The van der Waals surface area contributed by atoms with Gasteiger partial charge in [-0.05, 0) is 25.4 Å². The molecular formula is C14H17N4+. The van der Waals surface area contributed by atoms with Gasteiger partial charge in [0.1, 0.15) is 13.2 Å². The van der Waals surface area contributed by atoms with Gasteiger partial charge in [0.15, 0.2) is 0 Å². The van der Waals surface area contributed by atoms with Crippen molar-refractivity contribution < 1.29 is 12.9 Å². The van der Waals surface area contributed by atoms with E-state index in [1.54, 1.807) is 37.0 Å². The average molecular weight is 247 g/mol. The molecule has 0 amide bonds. The predicted molar refractivity (Wildman–Crippen MR) is 69.9 cm³/mol. The number of hydrogen-bond donors (Lipinski definition) is 0. The molecule has 0 N–H and O–H groups in total. The maximum Gasteiger partial charge on any atom is 0.343 e. The van der Waals surface area contributed by atoms with Crippen LogP contribution < -0.4 is 4.68 Å². The molecule has 2 aromatic heterocycles. The van der Waals surface area contributed by atoms with Gasteiger partial charge in [-0.1, -0.05) is 17.7 Å². The van der Waals surface area contributed by atoms with E-state index in [1.807, 2.05) is 0 Å². The third-order valence-electron chi connectivity index (χ3n) is 3.07. The van der Waals surface area contributed by atoms with Gasteiger partial charge >= 0.3 is 5.78 Å². The number of aromatic nitrogens is 4. The Morgan fingerprint density at radius 3 is 2.94 bits per heavy atom. The van der Waals surface area contributed by atoms with Gasteiger partial charge in [-0.25, -0.2) is 0 Å². The molecule has 3 aromatic rings. The molecule has 1 aromatic carbocycles. The smallest absolute Gasteiger partial charge is 0.194 e. The summed E-state index contributed by atoms with van der Waals surface area (Å²) in [5, 5.41) is 0. The van der Waals surface area contributed by atoms with E-state index in [0.29, 0.717) is 11.5 Å². The lowest BCUT2D eigenvalue weighted by molar-refractivity contribution is -0.749. The second kappa shape index (κ2) is 3.70. The van der Waals surface area contributed by atoms with Crippen molar-refractivity contribution in [2.24, 2.45) is 7.05 Å². The van der Waals surface area contributed by atoms with E-state index in [0.717, 1.165) is 5.56 Å². The van der Waals surface area contributed by atoms with Gasteiger partial charge < -0.3 is 0 Å². The molecule has 18 heavy (non-hydrogen) atoms. The van der Waals surface area contributed by atoms with E-state index in [1.165, 1.54) is 21.3 Å². The van der Waals surface area contributed by atoms with E-state index in [-0.39, 0.29) is 11.4 Å². The highest BCUT2D eigenvalue weighted by Gasteiger charge is 2.21. The molecule has 4 heteroatoms. The molecule has 0 aliphatic carbocycles. The van der Waals surface area contributed by atoms with Gasteiger partial charge in [-0.15, -0.1) is 4.68 Å². The van der Waals surface area contributed by atoms with E-state index in [2.05, 4.69) is 4.98 Å². The van der Waals surface area contributed by atoms with E-state index >= 15 is 0 Å². The van der Waals surface area contributed by atoms with Crippen molar-refractivity contribution in [1.29, 1.82) is 0 Å². The fraction of sp³-hybridized carbons (Fsp3) is 0.286. The highest BCUT2D eigenvalue weighted by molar-refractivity contribution is 5.47. The third kappa shape index (κ3) is 1.38. The molecule has 92 valence electrons. The first-order chi connectivity index (χ1) is 11.0. The van der Waals surface area contributed by atoms with Crippen molar-refractivity contribution >= 4 is 5.78 Å². The Kier molecular flexibility index (Phi) is 1.27. The van der Waals surface area contributed by atoms with E-state index < -0.39 is 13.7 Å². The molecule has 0 unspecified atom stereocenters.